The summed E-state index contributed by atoms with van der Waals surface area (Å²) in [5, 5.41) is 0.955. The first-order valence-electron chi connectivity index (χ1n) is 8.80. The van der Waals surface area contributed by atoms with Gasteiger partial charge in [-0.05, 0) is 31.4 Å². The maximum Gasteiger partial charge on any atom is 0.265 e. The minimum Gasteiger partial charge on any atom is -0.335 e. The summed E-state index contributed by atoms with van der Waals surface area (Å²) in [6.07, 6.45) is 3.73. The molecule has 0 N–H and O–H groups in total. The summed E-state index contributed by atoms with van der Waals surface area (Å²) < 4.78 is 0. The molecule has 3 heterocycles. The van der Waals surface area contributed by atoms with Crippen molar-refractivity contribution in [2.24, 2.45) is 5.92 Å². The molecule has 0 aliphatic carbocycles. The van der Waals surface area contributed by atoms with Crippen molar-refractivity contribution in [1.82, 2.24) is 19.8 Å². The lowest BCUT2D eigenvalue weighted by atomic mass is 10.0. The Hall–Kier alpha value is -1.79. The van der Waals surface area contributed by atoms with Crippen LogP contribution in [0, 0.1) is 19.8 Å². The first-order valence-corrected chi connectivity index (χ1v) is 9.62. The predicted molar refractivity (Wildman–Crippen MR) is 101 cm³/mol. The topological polar surface area (TPSA) is 49.3 Å². The van der Waals surface area contributed by atoms with Crippen molar-refractivity contribution in [1.29, 1.82) is 0 Å². The van der Waals surface area contributed by atoms with Crippen LogP contribution in [0.2, 0.25) is 0 Å². The molecule has 1 aliphatic heterocycles. The number of hydrogen-bond acceptors (Lipinski definition) is 5. The van der Waals surface area contributed by atoms with Crippen LogP contribution in [-0.4, -0.2) is 51.4 Å². The fourth-order valence-corrected chi connectivity index (χ4v) is 4.15. The number of pyridine rings is 1. The molecule has 0 spiro atoms. The molecule has 5 nitrogen and oxygen atoms in total. The Morgan fingerprint density at radius 1 is 1.40 bits per heavy atom. The summed E-state index contributed by atoms with van der Waals surface area (Å²) >= 11 is 1.50. The molecule has 1 amide bonds. The quantitative estimate of drug-likeness (QED) is 0.796. The maximum atomic E-state index is 12.7. The van der Waals surface area contributed by atoms with E-state index in [0.29, 0.717) is 12.0 Å². The first-order chi connectivity index (χ1) is 11.9. The Bertz CT molecular complexity index is 722. The third-order valence-electron chi connectivity index (χ3n) is 4.47. The van der Waals surface area contributed by atoms with Crippen molar-refractivity contribution < 1.29 is 4.79 Å². The number of carbonyl (C=O) groups excluding carboxylic acids is 1. The molecule has 25 heavy (non-hydrogen) atoms. The number of thiazole rings is 1. The molecule has 2 aromatic rings. The molecule has 0 aromatic carbocycles. The number of hydrogen-bond donors (Lipinski definition) is 0. The van der Waals surface area contributed by atoms with Crippen LogP contribution in [-0.2, 0) is 6.54 Å². The average molecular weight is 359 g/mol. The molecular formula is C19H26N4OS. The highest BCUT2D eigenvalue weighted by Gasteiger charge is 2.36. The van der Waals surface area contributed by atoms with E-state index in [9.17, 15) is 4.79 Å². The van der Waals surface area contributed by atoms with Gasteiger partial charge in [0.2, 0.25) is 0 Å². The van der Waals surface area contributed by atoms with Gasteiger partial charge in [0.25, 0.3) is 5.91 Å². The van der Waals surface area contributed by atoms with Gasteiger partial charge in [-0.1, -0.05) is 19.9 Å². The Balaban J connectivity index is 1.63. The molecule has 0 atom stereocenters. The van der Waals surface area contributed by atoms with Gasteiger partial charge in [0.1, 0.15) is 4.88 Å². The number of nitrogens with zero attached hydrogens (tertiary/aromatic N) is 4. The largest absolute Gasteiger partial charge is 0.335 e. The molecule has 0 saturated carbocycles. The molecule has 6 heteroatoms. The highest BCUT2D eigenvalue weighted by atomic mass is 32.1. The van der Waals surface area contributed by atoms with Gasteiger partial charge in [-0.2, -0.15) is 0 Å². The molecule has 0 bridgehead atoms. The van der Waals surface area contributed by atoms with Crippen LogP contribution in [0.15, 0.2) is 24.5 Å². The molecule has 1 saturated heterocycles. The third kappa shape index (κ3) is 4.25. The minimum atomic E-state index is 0.130. The SMILES string of the molecule is Cc1nc(C)c(C(=O)N2CC(N(Cc3cccnc3)CC(C)C)C2)s1. The fourth-order valence-electron chi connectivity index (χ4n) is 3.26. The molecule has 134 valence electrons. The highest BCUT2D eigenvalue weighted by Crippen LogP contribution is 2.25. The van der Waals surface area contributed by atoms with Gasteiger partial charge >= 0.3 is 0 Å². The number of amides is 1. The third-order valence-corrected chi connectivity index (χ3v) is 5.53. The Kier molecular flexibility index (Phi) is 5.49. The van der Waals surface area contributed by atoms with Crippen molar-refractivity contribution in [2.45, 2.75) is 40.3 Å². The van der Waals surface area contributed by atoms with Crippen LogP contribution in [0.25, 0.3) is 0 Å². The van der Waals surface area contributed by atoms with Crippen molar-refractivity contribution in [3.8, 4) is 0 Å². The monoisotopic (exact) mass is 358 g/mol. The second kappa shape index (κ2) is 7.62. The van der Waals surface area contributed by atoms with E-state index in [1.807, 2.05) is 31.0 Å². The summed E-state index contributed by atoms with van der Waals surface area (Å²) in [5.41, 5.74) is 2.08. The van der Waals surface area contributed by atoms with Gasteiger partial charge in [0.15, 0.2) is 0 Å². The highest BCUT2D eigenvalue weighted by molar-refractivity contribution is 7.13. The van der Waals surface area contributed by atoms with Gasteiger partial charge in [0.05, 0.1) is 10.7 Å². The number of likely N-dealkylation sites (tertiary alicyclic amines) is 1. The molecule has 0 unspecified atom stereocenters. The average Bonchev–Trinajstić information content (AvgIpc) is 2.84. The second-order valence-corrected chi connectivity index (χ2v) is 8.40. The Labute approximate surface area is 153 Å². The van der Waals surface area contributed by atoms with Crippen molar-refractivity contribution in [2.75, 3.05) is 19.6 Å². The van der Waals surface area contributed by atoms with E-state index in [1.54, 1.807) is 6.20 Å². The number of aromatic nitrogens is 2. The van der Waals surface area contributed by atoms with Crippen LogP contribution in [0.1, 0.15) is 39.8 Å². The summed E-state index contributed by atoms with van der Waals surface area (Å²) in [4.78, 5) is 26.5. The lowest BCUT2D eigenvalue weighted by Gasteiger charge is -2.46. The molecular weight excluding hydrogens is 332 g/mol. The van der Waals surface area contributed by atoms with Gasteiger partial charge in [-0.3, -0.25) is 14.7 Å². The molecule has 3 rings (SSSR count). The zero-order valence-corrected chi connectivity index (χ0v) is 16.2. The van der Waals surface area contributed by atoms with E-state index in [2.05, 4.69) is 34.8 Å². The molecule has 2 aromatic heterocycles. The lowest BCUT2D eigenvalue weighted by Crippen LogP contribution is -2.61. The minimum absolute atomic E-state index is 0.130. The van der Waals surface area contributed by atoms with E-state index in [1.165, 1.54) is 16.9 Å². The number of carbonyl (C=O) groups is 1. The van der Waals surface area contributed by atoms with Crippen LogP contribution in [0.4, 0.5) is 0 Å². The normalized spacial score (nSPS) is 15.0. The zero-order chi connectivity index (χ0) is 18.0. The number of rotatable bonds is 6. The van der Waals surface area contributed by atoms with Gasteiger partial charge in [-0.15, -0.1) is 11.3 Å². The summed E-state index contributed by atoms with van der Waals surface area (Å²) in [6.45, 7) is 11.8. The van der Waals surface area contributed by atoms with E-state index in [0.717, 1.165) is 41.8 Å². The van der Waals surface area contributed by atoms with E-state index < -0.39 is 0 Å². The van der Waals surface area contributed by atoms with Gasteiger partial charge in [-0.25, -0.2) is 4.98 Å². The van der Waals surface area contributed by atoms with E-state index >= 15 is 0 Å². The summed E-state index contributed by atoms with van der Waals surface area (Å²) in [7, 11) is 0. The van der Waals surface area contributed by atoms with E-state index in [4.69, 9.17) is 0 Å². The van der Waals surface area contributed by atoms with Crippen molar-refractivity contribution in [3.05, 3.63) is 45.7 Å². The molecule has 1 aliphatic rings. The fraction of sp³-hybridized carbons (Fsp3) is 0.526. The first kappa shape index (κ1) is 18.0. The van der Waals surface area contributed by atoms with Gasteiger partial charge in [0, 0.05) is 44.6 Å². The molecule has 1 fully saturated rings. The summed E-state index contributed by atoms with van der Waals surface area (Å²) in [6, 6.07) is 4.51. The van der Waals surface area contributed by atoms with Gasteiger partial charge < -0.3 is 4.90 Å². The molecule has 0 radical (unpaired) electrons. The van der Waals surface area contributed by atoms with Crippen LogP contribution in [0.5, 0.6) is 0 Å². The van der Waals surface area contributed by atoms with Crippen LogP contribution < -0.4 is 0 Å². The maximum absolute atomic E-state index is 12.7. The second-order valence-electron chi connectivity index (χ2n) is 7.20. The Morgan fingerprint density at radius 2 is 2.16 bits per heavy atom. The van der Waals surface area contributed by atoms with Crippen LogP contribution in [0.3, 0.4) is 0 Å². The van der Waals surface area contributed by atoms with Crippen molar-refractivity contribution in [3.63, 3.8) is 0 Å². The van der Waals surface area contributed by atoms with Crippen LogP contribution >= 0.6 is 11.3 Å². The zero-order valence-electron chi connectivity index (χ0n) is 15.4. The standard InChI is InChI=1S/C19H26N4OS/c1-13(2)9-22(10-16-6-5-7-20-8-16)17-11-23(12-17)19(24)18-14(3)21-15(4)25-18/h5-8,13,17H,9-12H2,1-4H3. The Morgan fingerprint density at radius 3 is 2.72 bits per heavy atom. The van der Waals surface area contributed by atoms with Crippen molar-refractivity contribution >= 4 is 17.2 Å². The predicted octanol–water partition coefficient (Wildman–Crippen LogP) is 3.14. The number of aryl methyl sites for hydroxylation is 2. The summed E-state index contributed by atoms with van der Waals surface area (Å²) in [5.74, 6) is 0.720. The smallest absolute Gasteiger partial charge is 0.265 e. The lowest BCUT2D eigenvalue weighted by molar-refractivity contribution is 0.0200. The van der Waals surface area contributed by atoms with E-state index in [-0.39, 0.29) is 5.91 Å².